The summed E-state index contributed by atoms with van der Waals surface area (Å²) in [5, 5.41) is 8.71. The van der Waals surface area contributed by atoms with E-state index in [1.54, 1.807) is 36.1 Å². The zero-order valence-corrected chi connectivity index (χ0v) is 11.8. The lowest BCUT2D eigenvalue weighted by Crippen LogP contribution is -2.22. The van der Waals surface area contributed by atoms with E-state index in [4.69, 9.17) is 9.84 Å². The van der Waals surface area contributed by atoms with Crippen LogP contribution in [0.5, 0.6) is 5.75 Å². The maximum atomic E-state index is 11.8. The molecule has 2 aromatic rings. The van der Waals surface area contributed by atoms with Gasteiger partial charge in [0, 0.05) is 31.1 Å². The minimum absolute atomic E-state index is 0.103. The number of benzene rings is 1. The molecule has 0 aliphatic rings. The number of imidazole rings is 1. The Morgan fingerprint density at radius 1 is 1.38 bits per heavy atom. The Balaban J connectivity index is 2.33. The van der Waals surface area contributed by atoms with Gasteiger partial charge in [-0.2, -0.15) is 0 Å². The molecule has 110 valence electrons. The molecule has 0 unspecified atom stereocenters. The molecular formula is C15H16N2O4. The van der Waals surface area contributed by atoms with Gasteiger partial charge < -0.3 is 14.4 Å². The maximum Gasteiger partial charge on any atom is 0.328 e. The van der Waals surface area contributed by atoms with E-state index in [1.165, 1.54) is 17.8 Å². The van der Waals surface area contributed by atoms with Crippen molar-refractivity contribution in [1.29, 1.82) is 0 Å². The van der Waals surface area contributed by atoms with E-state index in [9.17, 15) is 9.59 Å². The summed E-state index contributed by atoms with van der Waals surface area (Å²) < 4.78 is 8.26. The molecule has 1 heterocycles. The Labute approximate surface area is 121 Å². The molecule has 0 radical (unpaired) electrons. The molecule has 6 heteroatoms. The predicted molar refractivity (Wildman–Crippen MR) is 78.4 cm³/mol. The summed E-state index contributed by atoms with van der Waals surface area (Å²) in [4.78, 5) is 22.4. The van der Waals surface area contributed by atoms with Gasteiger partial charge in [-0.1, -0.05) is 6.07 Å². The fourth-order valence-electron chi connectivity index (χ4n) is 2.00. The summed E-state index contributed by atoms with van der Waals surface area (Å²) in [6.07, 6.45) is 5.92. The van der Waals surface area contributed by atoms with Crippen molar-refractivity contribution in [2.45, 2.75) is 6.54 Å². The number of carboxylic acids is 1. The predicted octanol–water partition coefficient (Wildman–Crippen LogP) is 1.34. The van der Waals surface area contributed by atoms with Crippen LogP contribution < -0.4 is 10.4 Å². The SMILES string of the molecule is COc1ccc(Cn2ccn(C)c2=O)cc1/C=C/C(=O)O. The zero-order valence-electron chi connectivity index (χ0n) is 11.8. The number of carbonyl (C=O) groups is 1. The molecule has 2 rings (SSSR count). The standard InChI is InChI=1S/C15H16N2O4/c1-16-7-8-17(15(16)20)10-11-3-5-13(21-2)12(9-11)4-6-14(18)19/h3-9H,10H2,1-2H3,(H,18,19)/b6-4+. The molecule has 0 fully saturated rings. The molecule has 0 aliphatic carbocycles. The first-order valence-electron chi connectivity index (χ1n) is 6.31. The van der Waals surface area contributed by atoms with E-state index in [2.05, 4.69) is 0 Å². The Morgan fingerprint density at radius 3 is 2.71 bits per heavy atom. The topological polar surface area (TPSA) is 73.5 Å². The second-order valence-corrected chi connectivity index (χ2v) is 4.57. The molecule has 6 nitrogen and oxygen atoms in total. The molecule has 0 bridgehead atoms. The van der Waals surface area contributed by atoms with Gasteiger partial charge in [0.15, 0.2) is 0 Å². The van der Waals surface area contributed by atoms with E-state index in [0.29, 0.717) is 17.9 Å². The van der Waals surface area contributed by atoms with Crippen LogP contribution in [0.4, 0.5) is 0 Å². The number of carboxylic acid groups (broad SMARTS) is 1. The van der Waals surface area contributed by atoms with Crippen molar-refractivity contribution in [3.05, 3.63) is 58.3 Å². The van der Waals surface area contributed by atoms with Crippen molar-refractivity contribution in [2.24, 2.45) is 7.05 Å². The van der Waals surface area contributed by atoms with Crippen LogP contribution in [-0.4, -0.2) is 27.3 Å². The summed E-state index contributed by atoms with van der Waals surface area (Å²) in [5.74, 6) is -0.446. The smallest absolute Gasteiger partial charge is 0.328 e. The van der Waals surface area contributed by atoms with Crippen LogP contribution in [-0.2, 0) is 18.4 Å². The average Bonchev–Trinajstić information content (AvgIpc) is 2.77. The lowest BCUT2D eigenvalue weighted by Gasteiger charge is -2.08. The molecule has 0 aliphatic heterocycles. The number of aromatic nitrogens is 2. The number of rotatable bonds is 5. The molecule has 0 saturated carbocycles. The van der Waals surface area contributed by atoms with Crippen molar-refractivity contribution >= 4 is 12.0 Å². The highest BCUT2D eigenvalue weighted by molar-refractivity contribution is 5.86. The number of hydrogen-bond donors (Lipinski definition) is 1. The first-order valence-corrected chi connectivity index (χ1v) is 6.31. The number of nitrogens with zero attached hydrogens (tertiary/aromatic N) is 2. The van der Waals surface area contributed by atoms with Gasteiger partial charge in [-0.15, -0.1) is 0 Å². The van der Waals surface area contributed by atoms with Crippen molar-refractivity contribution in [3.8, 4) is 5.75 Å². The summed E-state index contributed by atoms with van der Waals surface area (Å²) in [5.41, 5.74) is 1.43. The number of ether oxygens (including phenoxy) is 1. The fourth-order valence-corrected chi connectivity index (χ4v) is 2.00. The van der Waals surface area contributed by atoms with Crippen LogP contribution in [0.3, 0.4) is 0 Å². The highest BCUT2D eigenvalue weighted by Crippen LogP contribution is 2.21. The van der Waals surface area contributed by atoms with Gasteiger partial charge in [0.25, 0.3) is 0 Å². The largest absolute Gasteiger partial charge is 0.496 e. The van der Waals surface area contributed by atoms with Crippen molar-refractivity contribution in [3.63, 3.8) is 0 Å². The fraction of sp³-hybridized carbons (Fsp3) is 0.200. The lowest BCUT2D eigenvalue weighted by atomic mass is 10.1. The molecule has 1 N–H and O–H groups in total. The minimum atomic E-state index is -1.03. The van der Waals surface area contributed by atoms with Crippen molar-refractivity contribution in [1.82, 2.24) is 9.13 Å². The summed E-state index contributed by atoms with van der Waals surface area (Å²) in [6.45, 7) is 0.414. The first kappa shape index (κ1) is 14.6. The minimum Gasteiger partial charge on any atom is -0.496 e. The van der Waals surface area contributed by atoms with Gasteiger partial charge in [-0.25, -0.2) is 9.59 Å². The van der Waals surface area contributed by atoms with Gasteiger partial charge >= 0.3 is 11.7 Å². The third-order valence-corrected chi connectivity index (χ3v) is 3.07. The van der Waals surface area contributed by atoms with E-state index in [1.807, 2.05) is 6.07 Å². The van der Waals surface area contributed by atoms with Crippen molar-refractivity contribution < 1.29 is 14.6 Å². The average molecular weight is 288 g/mol. The van der Waals surface area contributed by atoms with Crippen LogP contribution in [0, 0.1) is 0 Å². The second-order valence-electron chi connectivity index (χ2n) is 4.57. The summed E-state index contributed by atoms with van der Waals surface area (Å²) in [6, 6.07) is 5.40. The Hall–Kier alpha value is -2.76. The summed E-state index contributed by atoms with van der Waals surface area (Å²) in [7, 11) is 3.21. The highest BCUT2D eigenvalue weighted by Gasteiger charge is 2.05. The summed E-state index contributed by atoms with van der Waals surface area (Å²) >= 11 is 0. The van der Waals surface area contributed by atoms with Crippen LogP contribution >= 0.6 is 0 Å². The quantitative estimate of drug-likeness (QED) is 0.843. The Kier molecular flexibility index (Phi) is 4.27. The van der Waals surface area contributed by atoms with E-state index in [-0.39, 0.29) is 5.69 Å². The first-order chi connectivity index (χ1) is 10.0. The van der Waals surface area contributed by atoms with E-state index < -0.39 is 5.97 Å². The molecule has 0 saturated heterocycles. The molecule has 1 aromatic heterocycles. The maximum absolute atomic E-state index is 11.8. The van der Waals surface area contributed by atoms with Gasteiger partial charge in [-0.05, 0) is 23.8 Å². The van der Waals surface area contributed by atoms with Crippen LogP contribution in [0.15, 0.2) is 41.5 Å². The van der Waals surface area contributed by atoms with Gasteiger partial charge in [0.05, 0.1) is 13.7 Å². The normalized spacial score (nSPS) is 11.0. The van der Waals surface area contributed by atoms with Crippen LogP contribution in [0.25, 0.3) is 6.08 Å². The number of aryl methyl sites for hydroxylation is 1. The number of methoxy groups -OCH3 is 1. The Bertz CT molecular complexity index is 740. The third-order valence-electron chi connectivity index (χ3n) is 3.07. The van der Waals surface area contributed by atoms with E-state index in [0.717, 1.165) is 11.6 Å². The second kappa shape index (κ2) is 6.13. The third kappa shape index (κ3) is 3.42. The van der Waals surface area contributed by atoms with Crippen LogP contribution in [0.2, 0.25) is 0 Å². The monoisotopic (exact) mass is 288 g/mol. The van der Waals surface area contributed by atoms with Gasteiger partial charge in [0.2, 0.25) is 0 Å². The van der Waals surface area contributed by atoms with E-state index >= 15 is 0 Å². The number of hydrogen-bond acceptors (Lipinski definition) is 3. The van der Waals surface area contributed by atoms with Gasteiger partial charge in [-0.3, -0.25) is 4.57 Å². The number of aliphatic carboxylic acids is 1. The molecule has 0 atom stereocenters. The highest BCUT2D eigenvalue weighted by atomic mass is 16.5. The van der Waals surface area contributed by atoms with Crippen LogP contribution in [0.1, 0.15) is 11.1 Å². The lowest BCUT2D eigenvalue weighted by molar-refractivity contribution is -0.131. The molecular weight excluding hydrogens is 272 g/mol. The molecule has 0 amide bonds. The molecule has 0 spiro atoms. The Morgan fingerprint density at radius 2 is 2.14 bits per heavy atom. The zero-order chi connectivity index (χ0) is 15.4. The molecule has 21 heavy (non-hydrogen) atoms. The molecule has 1 aromatic carbocycles. The van der Waals surface area contributed by atoms with Crippen molar-refractivity contribution in [2.75, 3.05) is 7.11 Å². The van der Waals surface area contributed by atoms with Gasteiger partial charge in [0.1, 0.15) is 5.75 Å².